The Morgan fingerprint density at radius 3 is 1.95 bits per heavy atom. The number of hydrogen-bond donors (Lipinski definition) is 3. The van der Waals surface area contributed by atoms with Gasteiger partial charge in [-0.15, -0.1) is 11.3 Å². The summed E-state index contributed by atoms with van der Waals surface area (Å²) in [4.78, 5) is 77.8. The minimum absolute atomic E-state index is 0.133. The highest BCUT2D eigenvalue weighted by Gasteiger charge is 2.28. The van der Waals surface area contributed by atoms with E-state index in [1.807, 2.05) is 6.07 Å². The van der Waals surface area contributed by atoms with Gasteiger partial charge in [-0.05, 0) is 60.2 Å². The largest absolute Gasteiger partial charge is 0.322 e. The summed E-state index contributed by atoms with van der Waals surface area (Å²) in [5.41, 5.74) is 2.82. The maximum absolute atomic E-state index is 12.8. The van der Waals surface area contributed by atoms with Gasteiger partial charge in [-0.3, -0.25) is 39.4 Å². The number of ketones is 1. The van der Waals surface area contributed by atoms with Crippen molar-refractivity contribution in [2.45, 2.75) is 6.42 Å². The van der Waals surface area contributed by atoms with Crippen LogP contribution in [0.15, 0.2) is 77.8 Å². The number of nitrogens with zero attached hydrogens (tertiary/aromatic N) is 1. The third kappa shape index (κ3) is 5.09. The summed E-state index contributed by atoms with van der Waals surface area (Å²) < 4.78 is 0. The second kappa shape index (κ2) is 10.2. The van der Waals surface area contributed by atoms with Crippen LogP contribution < -0.4 is 16.0 Å². The molecule has 0 atom stereocenters. The lowest BCUT2D eigenvalue weighted by molar-refractivity contribution is 0.0863. The van der Waals surface area contributed by atoms with Crippen molar-refractivity contribution in [3.63, 3.8) is 0 Å². The fourth-order valence-corrected chi connectivity index (χ4v) is 5.29. The molecule has 2 aliphatic heterocycles. The first-order chi connectivity index (χ1) is 19.7. The van der Waals surface area contributed by atoms with Crippen molar-refractivity contribution in [1.29, 1.82) is 0 Å². The molecular formula is C30H18N4O6S. The van der Waals surface area contributed by atoms with E-state index in [-0.39, 0.29) is 40.0 Å². The van der Waals surface area contributed by atoms with Crippen molar-refractivity contribution in [1.82, 2.24) is 10.6 Å². The number of amides is 5. The van der Waals surface area contributed by atoms with E-state index in [1.165, 1.54) is 41.7 Å². The van der Waals surface area contributed by atoms with Gasteiger partial charge < -0.3 is 5.32 Å². The number of hydrogen-bond acceptors (Lipinski definition) is 8. The van der Waals surface area contributed by atoms with Gasteiger partial charge in [-0.2, -0.15) is 0 Å². The minimum Gasteiger partial charge on any atom is -0.322 e. The number of aliphatic imine (C=N–C) groups is 1. The number of rotatable bonds is 7. The second-order valence-corrected chi connectivity index (χ2v) is 10.4. The third-order valence-corrected chi connectivity index (χ3v) is 7.54. The van der Waals surface area contributed by atoms with Gasteiger partial charge in [0.2, 0.25) is 0 Å². The van der Waals surface area contributed by atoms with E-state index in [4.69, 9.17) is 0 Å². The molecule has 3 heterocycles. The number of thiophene rings is 1. The lowest BCUT2D eigenvalue weighted by Gasteiger charge is -2.06. The molecule has 0 spiro atoms. The van der Waals surface area contributed by atoms with Crippen molar-refractivity contribution < 1.29 is 28.8 Å². The van der Waals surface area contributed by atoms with E-state index in [9.17, 15) is 28.8 Å². The van der Waals surface area contributed by atoms with E-state index in [0.29, 0.717) is 16.3 Å². The predicted octanol–water partition coefficient (Wildman–Crippen LogP) is 3.94. The highest BCUT2D eigenvalue weighted by Crippen LogP contribution is 2.27. The first kappa shape index (κ1) is 25.7. The molecule has 11 heteroatoms. The van der Waals surface area contributed by atoms with Crippen LogP contribution in [0.3, 0.4) is 0 Å². The molecule has 0 unspecified atom stereocenters. The average molecular weight is 563 g/mol. The Balaban J connectivity index is 1.06. The van der Waals surface area contributed by atoms with E-state index in [2.05, 4.69) is 20.9 Å². The summed E-state index contributed by atoms with van der Waals surface area (Å²) in [7, 11) is 0. The Labute approximate surface area is 236 Å². The van der Waals surface area contributed by atoms with Gasteiger partial charge in [0, 0.05) is 34.3 Å². The van der Waals surface area contributed by atoms with Gasteiger partial charge in [0.05, 0.1) is 22.3 Å². The van der Waals surface area contributed by atoms with E-state index >= 15 is 0 Å². The molecule has 0 saturated carbocycles. The Kier molecular flexibility index (Phi) is 6.40. The molecular weight excluding hydrogens is 544 g/mol. The first-order valence-electron chi connectivity index (χ1n) is 12.3. The quantitative estimate of drug-likeness (QED) is 0.176. The van der Waals surface area contributed by atoms with Crippen LogP contribution in [0.1, 0.15) is 72.6 Å². The van der Waals surface area contributed by atoms with Crippen molar-refractivity contribution >= 4 is 63.6 Å². The standard InChI is InChI=1S/C30H18N4O6S/c35-24(16-3-8-20-22(11-16)29(39)33-27(20)37)13-19-7-10-25(41-19)31-14-15-1-5-18(6-2-15)32-26(36)17-4-9-21-23(12-17)30(40)34-28(21)38/h1-12,14H,13H2,(H,32,36)(H,33,37,39)(H,34,38,40). The SMILES string of the molecule is O=C(Cc1ccc(N=Cc2ccc(NC(=O)c3ccc4c(c3)C(=O)NC4=O)cc2)s1)c1ccc2c(c1)C(=O)NC2=O. The van der Waals surface area contributed by atoms with E-state index in [1.54, 1.807) is 42.6 Å². The molecule has 10 nitrogen and oxygen atoms in total. The maximum atomic E-state index is 12.8. The molecule has 3 aromatic carbocycles. The summed E-state index contributed by atoms with van der Waals surface area (Å²) in [5, 5.41) is 7.87. The number of Topliss-reactive ketones (excluding diaryl/α,β-unsaturated/α-hetero) is 1. The van der Waals surface area contributed by atoms with Crippen LogP contribution in [0.5, 0.6) is 0 Å². The molecule has 4 aromatic rings. The zero-order chi connectivity index (χ0) is 28.7. The number of carbonyl (C=O) groups is 6. The molecule has 0 saturated heterocycles. The number of benzene rings is 3. The van der Waals surface area contributed by atoms with Crippen LogP contribution in [-0.4, -0.2) is 41.5 Å². The zero-order valence-electron chi connectivity index (χ0n) is 21.0. The van der Waals surface area contributed by atoms with E-state index < -0.39 is 29.5 Å². The summed E-state index contributed by atoms with van der Waals surface area (Å²) in [6.45, 7) is 0. The van der Waals surface area contributed by atoms with Gasteiger partial charge in [-0.1, -0.05) is 18.2 Å². The van der Waals surface area contributed by atoms with Gasteiger partial charge in [-0.25, -0.2) is 4.99 Å². The van der Waals surface area contributed by atoms with Crippen LogP contribution in [-0.2, 0) is 6.42 Å². The van der Waals surface area contributed by atoms with Crippen molar-refractivity contribution in [3.8, 4) is 0 Å². The number of anilines is 1. The number of fused-ring (bicyclic) bond motifs is 2. The average Bonchev–Trinajstić information content (AvgIpc) is 3.62. The molecule has 200 valence electrons. The molecule has 0 fully saturated rings. The molecule has 0 bridgehead atoms. The fraction of sp³-hybridized carbons (Fsp3) is 0.0333. The topological polar surface area (TPSA) is 151 Å². The summed E-state index contributed by atoms with van der Waals surface area (Å²) in [6, 6.07) is 19.4. The normalized spacial score (nSPS) is 13.7. The van der Waals surface area contributed by atoms with Crippen LogP contribution in [0.25, 0.3) is 0 Å². The highest BCUT2D eigenvalue weighted by atomic mass is 32.1. The molecule has 6 rings (SSSR count). The number of nitrogens with one attached hydrogen (secondary N) is 3. The zero-order valence-corrected chi connectivity index (χ0v) is 21.8. The Morgan fingerprint density at radius 2 is 1.29 bits per heavy atom. The fourth-order valence-electron chi connectivity index (χ4n) is 4.44. The first-order valence-corrected chi connectivity index (χ1v) is 13.1. The van der Waals surface area contributed by atoms with Gasteiger partial charge >= 0.3 is 0 Å². The third-order valence-electron chi connectivity index (χ3n) is 6.55. The Bertz CT molecular complexity index is 1850. The molecule has 0 radical (unpaired) electrons. The van der Waals surface area contributed by atoms with Gasteiger partial charge in [0.1, 0.15) is 5.00 Å². The van der Waals surface area contributed by atoms with Gasteiger partial charge in [0.15, 0.2) is 5.78 Å². The Hall–Kier alpha value is -5.55. The van der Waals surface area contributed by atoms with Crippen LogP contribution in [0.2, 0.25) is 0 Å². The summed E-state index contributed by atoms with van der Waals surface area (Å²) >= 11 is 1.36. The molecule has 2 aliphatic rings. The Morgan fingerprint density at radius 1 is 0.707 bits per heavy atom. The summed E-state index contributed by atoms with van der Waals surface area (Å²) in [5.74, 6) is -2.56. The van der Waals surface area contributed by atoms with Crippen LogP contribution >= 0.6 is 11.3 Å². The van der Waals surface area contributed by atoms with Crippen molar-refractivity contribution in [3.05, 3.63) is 117 Å². The second-order valence-electron chi connectivity index (χ2n) is 9.26. The van der Waals surface area contributed by atoms with Crippen LogP contribution in [0.4, 0.5) is 10.7 Å². The molecule has 1 aromatic heterocycles. The van der Waals surface area contributed by atoms with Crippen LogP contribution in [0, 0.1) is 0 Å². The van der Waals surface area contributed by atoms with Crippen molar-refractivity contribution in [2.75, 3.05) is 5.32 Å². The number of carbonyl (C=O) groups excluding carboxylic acids is 6. The summed E-state index contributed by atoms with van der Waals surface area (Å²) in [6.07, 6.45) is 1.80. The minimum atomic E-state index is -0.527. The molecule has 0 aliphatic carbocycles. The van der Waals surface area contributed by atoms with Crippen molar-refractivity contribution in [2.24, 2.45) is 4.99 Å². The predicted molar refractivity (Wildman–Crippen MR) is 150 cm³/mol. The highest BCUT2D eigenvalue weighted by molar-refractivity contribution is 7.15. The van der Waals surface area contributed by atoms with Gasteiger partial charge in [0.25, 0.3) is 29.5 Å². The molecule has 3 N–H and O–H groups in total. The molecule has 5 amide bonds. The lowest BCUT2D eigenvalue weighted by atomic mass is 10.0. The monoisotopic (exact) mass is 562 g/mol. The molecule has 41 heavy (non-hydrogen) atoms. The maximum Gasteiger partial charge on any atom is 0.258 e. The number of imide groups is 2. The van der Waals surface area contributed by atoms with E-state index in [0.717, 1.165) is 10.4 Å². The smallest absolute Gasteiger partial charge is 0.258 e. The lowest BCUT2D eigenvalue weighted by Crippen LogP contribution is -2.19.